The summed E-state index contributed by atoms with van der Waals surface area (Å²) in [5, 5.41) is 8.97. The van der Waals surface area contributed by atoms with Crippen LogP contribution in [0.15, 0.2) is 34.3 Å². The molecule has 0 aliphatic rings. The Balaban J connectivity index is 1.81. The van der Waals surface area contributed by atoms with Crippen LogP contribution in [0.4, 0.5) is 0 Å². The molecule has 0 aromatic carbocycles. The summed E-state index contributed by atoms with van der Waals surface area (Å²) in [6.07, 6.45) is 6.27. The van der Waals surface area contributed by atoms with E-state index in [1.807, 2.05) is 0 Å². The van der Waals surface area contributed by atoms with E-state index >= 15 is 0 Å². The third kappa shape index (κ3) is 5.73. The van der Waals surface area contributed by atoms with Gasteiger partial charge in [0, 0.05) is 16.7 Å². The molecule has 0 N–H and O–H groups in total. The van der Waals surface area contributed by atoms with Crippen LogP contribution in [0.5, 0.6) is 15.2 Å². The van der Waals surface area contributed by atoms with Crippen molar-refractivity contribution in [3.05, 3.63) is 51.0 Å². The van der Waals surface area contributed by atoms with Crippen LogP contribution >= 0.6 is 42.6 Å². The largest absolute Gasteiger partial charge is 0.532 e. The topological polar surface area (TPSA) is 27.7 Å². The molecule has 3 aromatic heterocycles. The van der Waals surface area contributed by atoms with E-state index in [0.717, 1.165) is 53.7 Å². The van der Waals surface area contributed by atoms with Crippen molar-refractivity contribution >= 4 is 42.6 Å². The molecular weight excluding hydrogens is 427 g/mol. The average molecular weight is 455 g/mol. The fraction of sp³-hybridized carbons (Fsp3) is 0.429. The normalized spacial score (nSPS) is 11.1. The molecular formula is C21H27O3PS3. The van der Waals surface area contributed by atoms with Crippen molar-refractivity contribution in [3.8, 4) is 15.2 Å². The summed E-state index contributed by atoms with van der Waals surface area (Å²) in [4.78, 5) is 0. The Labute approximate surface area is 181 Å². The molecule has 152 valence electrons. The minimum Gasteiger partial charge on any atom is -0.398 e. The van der Waals surface area contributed by atoms with E-state index in [1.165, 1.54) is 16.7 Å². The molecule has 3 heterocycles. The van der Waals surface area contributed by atoms with Crippen molar-refractivity contribution in [1.29, 1.82) is 0 Å². The summed E-state index contributed by atoms with van der Waals surface area (Å²) in [5.74, 6) is 0. The zero-order valence-electron chi connectivity index (χ0n) is 16.6. The smallest absolute Gasteiger partial charge is 0.398 e. The van der Waals surface area contributed by atoms with Gasteiger partial charge in [-0.2, -0.15) is 0 Å². The van der Waals surface area contributed by atoms with E-state index in [1.54, 1.807) is 34.0 Å². The van der Waals surface area contributed by atoms with Gasteiger partial charge in [0.2, 0.25) is 0 Å². The van der Waals surface area contributed by atoms with Gasteiger partial charge in [-0.15, -0.1) is 34.0 Å². The van der Waals surface area contributed by atoms with Gasteiger partial charge in [0.15, 0.2) is 15.2 Å². The van der Waals surface area contributed by atoms with Crippen molar-refractivity contribution in [2.75, 3.05) is 0 Å². The van der Waals surface area contributed by atoms with Gasteiger partial charge in [0.25, 0.3) is 0 Å². The van der Waals surface area contributed by atoms with E-state index in [4.69, 9.17) is 13.6 Å². The highest BCUT2D eigenvalue weighted by Crippen LogP contribution is 2.49. The molecule has 0 aliphatic heterocycles. The van der Waals surface area contributed by atoms with Gasteiger partial charge in [-0.05, 0) is 53.6 Å². The Bertz CT molecular complexity index is 729. The Morgan fingerprint density at radius 1 is 0.607 bits per heavy atom. The maximum atomic E-state index is 6.30. The Kier molecular flexibility index (Phi) is 8.66. The molecule has 3 nitrogen and oxygen atoms in total. The number of aryl methyl sites for hydroxylation is 3. The second-order valence-electron chi connectivity index (χ2n) is 6.45. The zero-order chi connectivity index (χ0) is 19.8. The van der Waals surface area contributed by atoms with Crippen molar-refractivity contribution in [2.24, 2.45) is 0 Å². The maximum Gasteiger partial charge on any atom is 0.532 e. The first kappa shape index (κ1) is 21.6. The average Bonchev–Trinajstić information content (AvgIpc) is 3.41. The van der Waals surface area contributed by atoms with E-state index in [0.29, 0.717) is 0 Å². The van der Waals surface area contributed by atoms with Crippen LogP contribution in [0.25, 0.3) is 0 Å². The molecule has 0 bridgehead atoms. The fourth-order valence-corrected chi connectivity index (χ4v) is 6.79. The minimum absolute atomic E-state index is 0.912. The Hall–Kier alpha value is -1.07. The molecule has 28 heavy (non-hydrogen) atoms. The van der Waals surface area contributed by atoms with E-state index in [9.17, 15) is 0 Å². The maximum absolute atomic E-state index is 6.30. The lowest BCUT2D eigenvalue weighted by Crippen LogP contribution is -2.03. The predicted octanol–water partition coefficient (Wildman–Crippen LogP) is 8.49. The summed E-state index contributed by atoms with van der Waals surface area (Å²) in [6.45, 7) is 6.55. The number of rotatable bonds is 12. The van der Waals surface area contributed by atoms with E-state index < -0.39 is 8.60 Å². The molecule has 0 fully saturated rings. The van der Waals surface area contributed by atoms with E-state index in [-0.39, 0.29) is 0 Å². The van der Waals surface area contributed by atoms with Crippen LogP contribution < -0.4 is 13.6 Å². The van der Waals surface area contributed by atoms with Crippen molar-refractivity contribution in [3.63, 3.8) is 0 Å². The third-order valence-electron chi connectivity index (χ3n) is 4.15. The molecule has 3 rings (SSSR count). The quantitative estimate of drug-likeness (QED) is 0.257. The van der Waals surface area contributed by atoms with Gasteiger partial charge in [-0.25, -0.2) is 0 Å². The highest BCUT2D eigenvalue weighted by molar-refractivity contribution is 7.44. The number of hydrogen-bond donors (Lipinski definition) is 0. The summed E-state index contributed by atoms with van der Waals surface area (Å²) < 4.78 is 18.9. The highest BCUT2D eigenvalue weighted by atomic mass is 32.1. The first-order valence-electron chi connectivity index (χ1n) is 9.78. The highest BCUT2D eigenvalue weighted by Gasteiger charge is 2.25. The molecule has 0 saturated carbocycles. The molecule has 0 amide bonds. The van der Waals surface area contributed by atoms with Gasteiger partial charge in [-0.3, -0.25) is 0 Å². The SMILES string of the molecule is CCCc1ccsc1OP(Oc1sccc1CCC)Oc1sccc1CCC. The fourth-order valence-electron chi connectivity index (χ4n) is 2.83. The van der Waals surface area contributed by atoms with Crippen LogP contribution in [-0.4, -0.2) is 0 Å². The van der Waals surface area contributed by atoms with Crippen LogP contribution in [0.3, 0.4) is 0 Å². The van der Waals surface area contributed by atoms with Crippen molar-refractivity contribution < 1.29 is 13.6 Å². The lowest BCUT2D eigenvalue weighted by molar-refractivity contribution is 0.396. The molecule has 0 saturated heterocycles. The molecule has 0 aliphatic carbocycles. The van der Waals surface area contributed by atoms with Crippen LogP contribution in [0.2, 0.25) is 0 Å². The van der Waals surface area contributed by atoms with E-state index in [2.05, 4.69) is 55.1 Å². The van der Waals surface area contributed by atoms with Crippen molar-refractivity contribution in [1.82, 2.24) is 0 Å². The lowest BCUT2D eigenvalue weighted by atomic mass is 10.2. The summed E-state index contributed by atoms with van der Waals surface area (Å²) in [7, 11) is -1.56. The molecule has 0 spiro atoms. The second-order valence-corrected chi connectivity index (χ2v) is 10.1. The molecule has 0 unspecified atom stereocenters. The Morgan fingerprint density at radius 2 is 0.929 bits per heavy atom. The third-order valence-corrected chi connectivity index (χ3v) is 8.01. The standard InChI is InChI=1S/C21H27O3PS3/c1-4-7-16-10-13-26-19(16)22-25(23-20-17(8-5-2)11-14-27-20)24-21-18(9-6-3)12-15-28-21/h10-15H,4-9H2,1-3H3. The predicted molar refractivity (Wildman–Crippen MR) is 124 cm³/mol. The first-order valence-corrected chi connectivity index (χ1v) is 13.5. The Morgan fingerprint density at radius 3 is 1.21 bits per heavy atom. The van der Waals surface area contributed by atoms with Crippen molar-refractivity contribution in [2.45, 2.75) is 59.3 Å². The lowest BCUT2D eigenvalue weighted by Gasteiger charge is -2.18. The summed E-state index contributed by atoms with van der Waals surface area (Å²) in [6, 6.07) is 6.41. The van der Waals surface area contributed by atoms with Gasteiger partial charge in [-0.1, -0.05) is 40.0 Å². The van der Waals surface area contributed by atoms with Gasteiger partial charge >= 0.3 is 8.60 Å². The van der Waals surface area contributed by atoms with Crippen LogP contribution in [0, 0.1) is 0 Å². The summed E-state index contributed by atoms with van der Waals surface area (Å²) in [5.41, 5.74) is 3.69. The molecule has 0 atom stereocenters. The van der Waals surface area contributed by atoms with Crippen LogP contribution in [-0.2, 0) is 19.3 Å². The van der Waals surface area contributed by atoms with Crippen LogP contribution in [0.1, 0.15) is 56.7 Å². The minimum atomic E-state index is -1.56. The molecule has 3 aromatic rings. The molecule has 0 radical (unpaired) electrons. The van der Waals surface area contributed by atoms with Gasteiger partial charge in [0.1, 0.15) is 0 Å². The zero-order valence-corrected chi connectivity index (χ0v) is 19.9. The monoisotopic (exact) mass is 454 g/mol. The van der Waals surface area contributed by atoms with Gasteiger partial charge < -0.3 is 13.6 Å². The second kappa shape index (κ2) is 11.2. The number of hydrogen-bond acceptors (Lipinski definition) is 6. The van der Waals surface area contributed by atoms with Gasteiger partial charge in [0.05, 0.1) is 0 Å². The summed E-state index contributed by atoms with van der Waals surface area (Å²) >= 11 is 4.84. The first-order chi connectivity index (χ1) is 13.7. The molecule has 7 heteroatoms. The number of thiophene rings is 3.